The minimum Gasteiger partial charge on any atom is -0.351 e. The van der Waals surface area contributed by atoms with Gasteiger partial charge in [-0.15, -0.1) is 0 Å². The van der Waals surface area contributed by atoms with Crippen LogP contribution in [0.25, 0.3) is 0 Å². The van der Waals surface area contributed by atoms with Crippen molar-refractivity contribution in [1.82, 2.24) is 15.1 Å². The van der Waals surface area contributed by atoms with Crippen molar-refractivity contribution in [3.63, 3.8) is 0 Å². The Hall–Kier alpha value is -0.650. The lowest BCUT2D eigenvalue weighted by Gasteiger charge is -2.33. The summed E-state index contributed by atoms with van der Waals surface area (Å²) in [4.78, 5) is 16.9. The summed E-state index contributed by atoms with van der Waals surface area (Å²) in [5, 5.41) is 3.25. The van der Waals surface area contributed by atoms with E-state index in [4.69, 9.17) is 5.73 Å². The maximum absolute atomic E-state index is 12.3. The van der Waals surface area contributed by atoms with Crippen LogP contribution < -0.4 is 11.1 Å². The molecule has 2 unspecified atom stereocenters. The SMILES string of the molecule is CN1CC(C2[C@H](N)CCN2C)[C@H](NC(=O)C(C)(C)C)C1. The van der Waals surface area contributed by atoms with E-state index in [2.05, 4.69) is 29.2 Å². The van der Waals surface area contributed by atoms with Gasteiger partial charge >= 0.3 is 0 Å². The zero-order valence-corrected chi connectivity index (χ0v) is 13.5. The molecule has 3 N–H and O–H groups in total. The summed E-state index contributed by atoms with van der Waals surface area (Å²) in [6.07, 6.45) is 1.06. The van der Waals surface area contributed by atoms with E-state index in [0.29, 0.717) is 12.0 Å². The Morgan fingerprint density at radius 2 is 1.90 bits per heavy atom. The lowest BCUT2D eigenvalue weighted by molar-refractivity contribution is -0.129. The van der Waals surface area contributed by atoms with Crippen LogP contribution in [0.3, 0.4) is 0 Å². The van der Waals surface area contributed by atoms with E-state index in [9.17, 15) is 4.79 Å². The fourth-order valence-corrected chi connectivity index (χ4v) is 3.56. The van der Waals surface area contributed by atoms with Crippen LogP contribution >= 0.6 is 0 Å². The highest BCUT2D eigenvalue weighted by Crippen LogP contribution is 2.29. The van der Waals surface area contributed by atoms with Gasteiger partial charge in [-0.2, -0.15) is 0 Å². The number of rotatable bonds is 2. The first-order chi connectivity index (χ1) is 9.20. The zero-order chi connectivity index (χ0) is 15.1. The topological polar surface area (TPSA) is 61.6 Å². The number of likely N-dealkylation sites (N-methyl/N-ethyl adjacent to an activating group) is 2. The average molecular weight is 282 g/mol. The summed E-state index contributed by atoms with van der Waals surface area (Å²) in [5.41, 5.74) is 5.96. The second-order valence-corrected chi connectivity index (χ2v) is 7.64. The van der Waals surface area contributed by atoms with Crippen LogP contribution in [-0.4, -0.2) is 67.6 Å². The largest absolute Gasteiger partial charge is 0.351 e. The van der Waals surface area contributed by atoms with Crippen LogP contribution in [0, 0.1) is 11.3 Å². The molecule has 2 aliphatic heterocycles. The summed E-state index contributed by atoms with van der Waals surface area (Å²) in [6, 6.07) is 0.819. The third-order valence-corrected chi connectivity index (χ3v) is 4.75. The normalized spacial score (nSPS) is 36.5. The van der Waals surface area contributed by atoms with Gasteiger partial charge in [0.05, 0.1) is 0 Å². The van der Waals surface area contributed by atoms with E-state index in [1.807, 2.05) is 20.8 Å². The lowest BCUT2D eigenvalue weighted by Crippen LogP contribution is -2.53. The third-order valence-electron chi connectivity index (χ3n) is 4.75. The zero-order valence-electron chi connectivity index (χ0n) is 13.5. The van der Waals surface area contributed by atoms with E-state index in [0.717, 1.165) is 26.1 Å². The predicted octanol–water partition coefficient (Wildman–Crippen LogP) is 0.110. The second kappa shape index (κ2) is 5.62. The van der Waals surface area contributed by atoms with Gasteiger partial charge in [0.15, 0.2) is 0 Å². The summed E-state index contributed by atoms with van der Waals surface area (Å²) < 4.78 is 0. The molecule has 0 aromatic carbocycles. The summed E-state index contributed by atoms with van der Waals surface area (Å²) in [7, 11) is 4.27. The van der Waals surface area contributed by atoms with Crippen LogP contribution in [0.1, 0.15) is 27.2 Å². The van der Waals surface area contributed by atoms with Crippen molar-refractivity contribution in [2.45, 2.75) is 45.3 Å². The van der Waals surface area contributed by atoms with E-state index < -0.39 is 0 Å². The molecule has 2 rings (SSSR count). The van der Waals surface area contributed by atoms with Gasteiger partial charge in [-0.25, -0.2) is 0 Å². The van der Waals surface area contributed by atoms with Crippen LogP contribution in [0.4, 0.5) is 0 Å². The Balaban J connectivity index is 2.09. The number of nitrogens with zero attached hydrogens (tertiary/aromatic N) is 2. The summed E-state index contributed by atoms with van der Waals surface area (Å²) in [6.45, 7) is 8.88. The van der Waals surface area contributed by atoms with Crippen molar-refractivity contribution in [3.05, 3.63) is 0 Å². The molecule has 5 nitrogen and oxygen atoms in total. The molecule has 4 atom stereocenters. The van der Waals surface area contributed by atoms with Crippen molar-refractivity contribution >= 4 is 5.91 Å². The maximum atomic E-state index is 12.3. The molecule has 2 heterocycles. The Labute approximate surface area is 122 Å². The van der Waals surface area contributed by atoms with Crippen LogP contribution in [0.2, 0.25) is 0 Å². The Morgan fingerprint density at radius 3 is 2.40 bits per heavy atom. The van der Waals surface area contributed by atoms with Gasteiger partial charge in [-0.3, -0.25) is 4.79 Å². The van der Waals surface area contributed by atoms with E-state index in [-0.39, 0.29) is 23.4 Å². The summed E-state index contributed by atoms with van der Waals surface area (Å²) in [5.74, 6) is 0.561. The van der Waals surface area contributed by atoms with Crippen molar-refractivity contribution in [3.8, 4) is 0 Å². The Morgan fingerprint density at radius 1 is 1.25 bits per heavy atom. The first kappa shape index (κ1) is 15.7. The highest BCUT2D eigenvalue weighted by atomic mass is 16.2. The van der Waals surface area contributed by atoms with Crippen molar-refractivity contribution in [2.24, 2.45) is 17.1 Å². The molecule has 0 saturated carbocycles. The first-order valence-electron chi connectivity index (χ1n) is 7.65. The maximum Gasteiger partial charge on any atom is 0.225 e. The molecule has 2 saturated heterocycles. The highest BCUT2D eigenvalue weighted by molar-refractivity contribution is 5.81. The molecule has 0 aromatic rings. The minimum absolute atomic E-state index is 0.136. The van der Waals surface area contributed by atoms with Gasteiger partial charge in [0.25, 0.3) is 0 Å². The Kier molecular flexibility index (Phi) is 4.42. The monoisotopic (exact) mass is 282 g/mol. The highest BCUT2D eigenvalue weighted by Gasteiger charge is 2.44. The van der Waals surface area contributed by atoms with Gasteiger partial charge in [-0.1, -0.05) is 20.8 Å². The predicted molar refractivity (Wildman–Crippen MR) is 81.4 cm³/mol. The molecule has 2 aliphatic rings. The molecular formula is C15H30N4O. The quantitative estimate of drug-likeness (QED) is 0.755. The number of nitrogens with two attached hydrogens (primary N) is 1. The molecule has 116 valence electrons. The fourth-order valence-electron chi connectivity index (χ4n) is 3.56. The van der Waals surface area contributed by atoms with Crippen molar-refractivity contribution in [1.29, 1.82) is 0 Å². The molecule has 0 spiro atoms. The third kappa shape index (κ3) is 3.15. The smallest absolute Gasteiger partial charge is 0.225 e. The van der Waals surface area contributed by atoms with E-state index in [1.165, 1.54) is 0 Å². The number of likely N-dealkylation sites (tertiary alicyclic amines) is 2. The number of nitrogens with one attached hydrogen (secondary N) is 1. The molecule has 0 aliphatic carbocycles. The summed E-state index contributed by atoms with van der Waals surface area (Å²) >= 11 is 0. The number of amides is 1. The average Bonchev–Trinajstić information content (AvgIpc) is 2.81. The molecule has 2 fully saturated rings. The minimum atomic E-state index is -0.338. The van der Waals surface area contributed by atoms with Gasteiger partial charge in [-0.05, 0) is 27.1 Å². The number of hydrogen-bond donors (Lipinski definition) is 2. The Bertz CT molecular complexity index is 355. The molecule has 0 aromatic heterocycles. The van der Waals surface area contributed by atoms with Crippen LogP contribution in [-0.2, 0) is 4.79 Å². The molecule has 0 bridgehead atoms. The number of hydrogen-bond acceptors (Lipinski definition) is 4. The van der Waals surface area contributed by atoms with Gasteiger partial charge in [0, 0.05) is 42.5 Å². The lowest BCUT2D eigenvalue weighted by atomic mass is 9.88. The molecular weight excluding hydrogens is 252 g/mol. The van der Waals surface area contributed by atoms with Crippen molar-refractivity contribution in [2.75, 3.05) is 33.7 Å². The van der Waals surface area contributed by atoms with Gasteiger partial charge in [0.1, 0.15) is 0 Å². The number of carbonyl (C=O) groups is 1. The molecule has 20 heavy (non-hydrogen) atoms. The van der Waals surface area contributed by atoms with Gasteiger partial charge in [0.2, 0.25) is 5.91 Å². The fraction of sp³-hybridized carbons (Fsp3) is 0.933. The van der Waals surface area contributed by atoms with E-state index in [1.54, 1.807) is 0 Å². The standard InChI is InChI=1S/C15H30N4O/c1-15(2,3)14(20)17-12-9-18(4)8-10(12)13-11(16)6-7-19(13)5/h10-13H,6-9,16H2,1-5H3,(H,17,20)/t10?,11-,12-,13?/m1/s1. The second-order valence-electron chi connectivity index (χ2n) is 7.64. The van der Waals surface area contributed by atoms with Crippen LogP contribution in [0.5, 0.6) is 0 Å². The first-order valence-corrected chi connectivity index (χ1v) is 7.65. The van der Waals surface area contributed by atoms with Crippen LogP contribution in [0.15, 0.2) is 0 Å². The number of carbonyl (C=O) groups excluding carboxylic acids is 1. The molecule has 5 heteroatoms. The molecule has 0 radical (unpaired) electrons. The van der Waals surface area contributed by atoms with E-state index >= 15 is 0 Å². The molecule has 1 amide bonds. The van der Waals surface area contributed by atoms with Gasteiger partial charge < -0.3 is 20.9 Å². The van der Waals surface area contributed by atoms with Crippen molar-refractivity contribution < 1.29 is 4.79 Å².